The molecule has 0 aromatic heterocycles. The van der Waals surface area contributed by atoms with Gasteiger partial charge in [0.1, 0.15) is 23.9 Å². The minimum atomic E-state index is -0.927. The molecule has 8 heteroatoms. The van der Waals surface area contributed by atoms with Gasteiger partial charge in [0, 0.05) is 12.6 Å². The third kappa shape index (κ3) is 7.90. The molecule has 32 heavy (non-hydrogen) atoms. The van der Waals surface area contributed by atoms with Gasteiger partial charge in [0.15, 0.2) is 0 Å². The van der Waals surface area contributed by atoms with Crippen LogP contribution in [0, 0.1) is 0 Å². The van der Waals surface area contributed by atoms with Gasteiger partial charge in [0.25, 0.3) is 0 Å². The van der Waals surface area contributed by atoms with Crippen molar-refractivity contribution in [3.63, 3.8) is 0 Å². The third-order valence-corrected chi connectivity index (χ3v) is 5.15. The first-order valence-electron chi connectivity index (χ1n) is 11.1. The van der Waals surface area contributed by atoms with E-state index < -0.39 is 23.6 Å². The summed E-state index contributed by atoms with van der Waals surface area (Å²) in [6.45, 7) is 8.69. The summed E-state index contributed by atoms with van der Waals surface area (Å²) in [5.74, 6) is -0.684. The quantitative estimate of drug-likeness (QED) is 0.532. The van der Waals surface area contributed by atoms with Crippen molar-refractivity contribution in [2.45, 2.75) is 70.6 Å². The Morgan fingerprint density at radius 3 is 2.38 bits per heavy atom. The summed E-state index contributed by atoms with van der Waals surface area (Å²) in [5.41, 5.74) is -0.133. The van der Waals surface area contributed by atoms with Gasteiger partial charge in [0.05, 0.1) is 0 Å². The van der Waals surface area contributed by atoms with E-state index in [1.165, 1.54) is 23.1 Å². The van der Waals surface area contributed by atoms with E-state index in [1.807, 2.05) is 0 Å². The maximum Gasteiger partial charge on any atom is 0.408 e. The van der Waals surface area contributed by atoms with Crippen LogP contribution in [-0.2, 0) is 14.3 Å². The van der Waals surface area contributed by atoms with Crippen LogP contribution in [-0.4, -0.2) is 52.6 Å². The molecule has 8 nitrogen and oxygen atoms in total. The van der Waals surface area contributed by atoms with Crippen molar-refractivity contribution in [3.8, 4) is 5.75 Å². The second-order valence-electron chi connectivity index (χ2n) is 9.03. The van der Waals surface area contributed by atoms with Crippen molar-refractivity contribution in [2.75, 3.05) is 13.1 Å². The Bertz CT molecular complexity index is 795. The van der Waals surface area contributed by atoms with Crippen LogP contribution in [0.15, 0.2) is 36.9 Å². The van der Waals surface area contributed by atoms with Gasteiger partial charge in [-0.15, -0.1) is 6.58 Å². The molecular weight excluding hydrogens is 410 g/mol. The number of benzene rings is 1. The van der Waals surface area contributed by atoms with E-state index >= 15 is 0 Å². The summed E-state index contributed by atoms with van der Waals surface area (Å²) in [6.07, 6.45) is 5.91. The molecule has 0 spiro atoms. The number of aromatic hydroxyl groups is 1. The van der Waals surface area contributed by atoms with Crippen LogP contribution in [0.25, 0.3) is 0 Å². The average molecular weight is 446 g/mol. The number of phenols is 1. The van der Waals surface area contributed by atoms with Gasteiger partial charge < -0.3 is 25.4 Å². The molecule has 3 amide bonds. The highest BCUT2D eigenvalue weighted by atomic mass is 16.6. The molecule has 0 aliphatic heterocycles. The van der Waals surface area contributed by atoms with E-state index in [4.69, 9.17) is 4.74 Å². The molecule has 1 aromatic carbocycles. The van der Waals surface area contributed by atoms with Crippen LogP contribution in [0.3, 0.4) is 0 Å². The monoisotopic (exact) mass is 445 g/mol. The number of phenolic OH excluding ortho intramolecular Hbond substituents is 1. The molecule has 1 saturated carbocycles. The van der Waals surface area contributed by atoms with Crippen molar-refractivity contribution < 1.29 is 24.2 Å². The molecule has 1 fully saturated rings. The number of amides is 3. The molecule has 1 aliphatic rings. The number of ether oxygens (including phenoxy) is 1. The lowest BCUT2D eigenvalue weighted by atomic mass is 9.94. The highest BCUT2D eigenvalue weighted by molar-refractivity contribution is 5.90. The molecule has 1 aliphatic carbocycles. The number of carbonyl (C=O) groups excluding carboxylic acids is 3. The van der Waals surface area contributed by atoms with Gasteiger partial charge in [0.2, 0.25) is 11.8 Å². The first-order chi connectivity index (χ1) is 15.1. The van der Waals surface area contributed by atoms with Crippen molar-refractivity contribution in [2.24, 2.45) is 0 Å². The Hall–Kier alpha value is -3.03. The fourth-order valence-electron chi connectivity index (χ4n) is 3.71. The molecule has 1 atom stereocenters. The minimum Gasteiger partial charge on any atom is -0.508 e. The van der Waals surface area contributed by atoms with Crippen molar-refractivity contribution in [1.29, 1.82) is 0 Å². The average Bonchev–Trinajstić information content (AvgIpc) is 2.72. The summed E-state index contributed by atoms with van der Waals surface area (Å²) < 4.78 is 5.19. The molecular formula is C24H35N3O5. The Balaban J connectivity index is 2.22. The van der Waals surface area contributed by atoms with E-state index in [9.17, 15) is 19.5 Å². The van der Waals surface area contributed by atoms with Gasteiger partial charge in [-0.1, -0.05) is 37.5 Å². The Labute approximate surface area is 190 Å². The van der Waals surface area contributed by atoms with Gasteiger partial charge in [-0.05, 0) is 51.3 Å². The van der Waals surface area contributed by atoms with Crippen molar-refractivity contribution >= 4 is 17.9 Å². The lowest BCUT2D eigenvalue weighted by Gasteiger charge is -2.33. The predicted molar refractivity (Wildman–Crippen MR) is 122 cm³/mol. The third-order valence-electron chi connectivity index (χ3n) is 5.15. The number of alkyl carbamates (subject to hydrolysis) is 1. The van der Waals surface area contributed by atoms with Crippen molar-refractivity contribution in [1.82, 2.24) is 15.5 Å². The maximum absolute atomic E-state index is 13.3. The van der Waals surface area contributed by atoms with E-state index in [0.29, 0.717) is 5.56 Å². The molecule has 3 N–H and O–H groups in total. The zero-order valence-corrected chi connectivity index (χ0v) is 19.2. The molecule has 2 rings (SSSR count). The molecule has 1 aromatic rings. The number of hydrogen-bond donors (Lipinski definition) is 3. The van der Waals surface area contributed by atoms with E-state index in [0.717, 1.165) is 32.1 Å². The van der Waals surface area contributed by atoms with Gasteiger partial charge in [-0.3, -0.25) is 9.59 Å². The summed E-state index contributed by atoms with van der Waals surface area (Å²) in [4.78, 5) is 39.7. The Kier molecular flexibility index (Phi) is 9.11. The topological polar surface area (TPSA) is 108 Å². The molecule has 1 unspecified atom stereocenters. The van der Waals surface area contributed by atoms with Crippen LogP contribution in [0.1, 0.15) is 64.5 Å². The Morgan fingerprint density at radius 2 is 1.81 bits per heavy atom. The fraction of sp³-hybridized carbons (Fsp3) is 0.542. The standard InChI is InChI=1S/C24H35N3O5/c1-5-15-27(20(29)16-25-23(31)32-24(2,3)4)21(17-11-13-19(28)14-12-17)22(30)26-18-9-7-6-8-10-18/h5,11-14,18,21,28H,1,6-10,15-16H2,2-4H3,(H,25,31)(H,26,30). The van der Waals surface area contributed by atoms with E-state index in [2.05, 4.69) is 17.2 Å². The first-order valence-corrected chi connectivity index (χ1v) is 11.1. The van der Waals surface area contributed by atoms with Gasteiger partial charge >= 0.3 is 6.09 Å². The Morgan fingerprint density at radius 1 is 1.19 bits per heavy atom. The van der Waals surface area contributed by atoms with Crippen molar-refractivity contribution in [3.05, 3.63) is 42.5 Å². The second-order valence-corrected chi connectivity index (χ2v) is 9.03. The van der Waals surface area contributed by atoms with Gasteiger partial charge in [-0.2, -0.15) is 0 Å². The molecule has 0 radical (unpaired) electrons. The maximum atomic E-state index is 13.3. The van der Waals surface area contributed by atoms with Crippen LogP contribution < -0.4 is 10.6 Å². The lowest BCUT2D eigenvalue weighted by molar-refractivity contribution is -0.140. The largest absolute Gasteiger partial charge is 0.508 e. The number of nitrogens with one attached hydrogen (secondary N) is 2. The van der Waals surface area contributed by atoms with Crippen LogP contribution in [0.5, 0.6) is 5.75 Å². The molecule has 0 bridgehead atoms. The first kappa shape index (κ1) is 25.2. The highest BCUT2D eigenvalue weighted by Crippen LogP contribution is 2.25. The summed E-state index contributed by atoms with van der Waals surface area (Å²) in [5, 5.41) is 15.2. The summed E-state index contributed by atoms with van der Waals surface area (Å²) in [7, 11) is 0. The second kappa shape index (κ2) is 11.5. The minimum absolute atomic E-state index is 0.0633. The molecule has 0 saturated heterocycles. The van der Waals surface area contributed by atoms with Gasteiger partial charge in [-0.25, -0.2) is 4.79 Å². The summed E-state index contributed by atoms with van der Waals surface area (Å²) >= 11 is 0. The fourth-order valence-corrected chi connectivity index (χ4v) is 3.71. The summed E-state index contributed by atoms with van der Waals surface area (Å²) in [6, 6.07) is 5.33. The predicted octanol–water partition coefficient (Wildman–Crippen LogP) is 3.42. The normalized spacial score (nSPS) is 15.3. The van der Waals surface area contributed by atoms with E-state index in [1.54, 1.807) is 32.9 Å². The highest BCUT2D eigenvalue weighted by Gasteiger charge is 2.32. The number of rotatable bonds is 8. The number of hydrogen-bond acceptors (Lipinski definition) is 5. The smallest absolute Gasteiger partial charge is 0.408 e. The van der Waals surface area contributed by atoms with E-state index in [-0.39, 0.29) is 30.8 Å². The zero-order chi connectivity index (χ0) is 23.7. The number of carbonyl (C=O) groups is 3. The van der Waals surface area contributed by atoms with Crippen LogP contribution in [0.4, 0.5) is 4.79 Å². The number of nitrogens with zero attached hydrogens (tertiary/aromatic N) is 1. The molecule has 176 valence electrons. The SMILES string of the molecule is C=CCN(C(=O)CNC(=O)OC(C)(C)C)C(C(=O)NC1CCCCC1)c1ccc(O)cc1. The van der Waals surface area contributed by atoms with Crippen LogP contribution >= 0.6 is 0 Å². The van der Waals surface area contributed by atoms with Crippen LogP contribution in [0.2, 0.25) is 0 Å². The lowest BCUT2D eigenvalue weighted by Crippen LogP contribution is -2.49. The molecule has 0 heterocycles. The zero-order valence-electron chi connectivity index (χ0n) is 19.2.